The molecule has 1 saturated carbocycles. The van der Waals surface area contributed by atoms with Gasteiger partial charge in [0.2, 0.25) is 5.91 Å². The van der Waals surface area contributed by atoms with E-state index in [1.165, 1.54) is 0 Å². The van der Waals surface area contributed by atoms with E-state index in [9.17, 15) is 9.59 Å². The molecule has 2 rings (SSSR count). The standard InChI is InChI=1S/C13H17N3O2/c14-13(6-7-13)12(18)16-9-8-15-11(17)10-4-2-1-3-5-10/h1-5H,6-9,14H2,(H,15,17)(H,16,18). The van der Waals surface area contributed by atoms with E-state index in [1.54, 1.807) is 12.1 Å². The third-order valence-electron chi connectivity index (χ3n) is 2.97. The number of nitrogens with one attached hydrogen (secondary N) is 2. The van der Waals surface area contributed by atoms with Gasteiger partial charge in [-0.15, -0.1) is 0 Å². The molecule has 0 aromatic heterocycles. The topological polar surface area (TPSA) is 84.2 Å². The van der Waals surface area contributed by atoms with Gasteiger partial charge in [-0.2, -0.15) is 0 Å². The SMILES string of the molecule is NC1(C(=O)NCCNC(=O)c2ccccc2)CC1. The lowest BCUT2D eigenvalue weighted by Gasteiger charge is -2.10. The minimum atomic E-state index is -0.649. The second-order valence-corrected chi connectivity index (χ2v) is 4.53. The first kappa shape index (κ1) is 12.6. The van der Waals surface area contributed by atoms with Gasteiger partial charge >= 0.3 is 0 Å². The quantitative estimate of drug-likeness (QED) is 0.641. The molecule has 0 radical (unpaired) electrons. The third-order valence-corrected chi connectivity index (χ3v) is 2.97. The fourth-order valence-electron chi connectivity index (χ4n) is 1.58. The van der Waals surface area contributed by atoms with E-state index < -0.39 is 5.54 Å². The van der Waals surface area contributed by atoms with Gasteiger partial charge in [-0.1, -0.05) is 18.2 Å². The molecule has 1 aromatic carbocycles. The molecule has 5 nitrogen and oxygen atoms in total. The molecule has 0 aliphatic heterocycles. The van der Waals surface area contributed by atoms with Crippen LogP contribution >= 0.6 is 0 Å². The number of carbonyl (C=O) groups excluding carboxylic acids is 2. The van der Waals surface area contributed by atoms with Crippen LogP contribution in [0.4, 0.5) is 0 Å². The van der Waals surface area contributed by atoms with E-state index in [-0.39, 0.29) is 11.8 Å². The zero-order valence-corrected chi connectivity index (χ0v) is 10.1. The van der Waals surface area contributed by atoms with Gasteiger partial charge in [0.05, 0.1) is 5.54 Å². The highest BCUT2D eigenvalue weighted by Crippen LogP contribution is 2.31. The summed E-state index contributed by atoms with van der Waals surface area (Å²) in [4.78, 5) is 23.1. The van der Waals surface area contributed by atoms with Crippen molar-refractivity contribution in [3.05, 3.63) is 35.9 Å². The molecule has 0 atom stereocenters. The summed E-state index contributed by atoms with van der Waals surface area (Å²) in [6, 6.07) is 8.96. The maximum atomic E-state index is 11.7. The van der Waals surface area contributed by atoms with Crippen LogP contribution in [0.15, 0.2) is 30.3 Å². The lowest BCUT2D eigenvalue weighted by Crippen LogP contribution is -2.45. The maximum Gasteiger partial charge on any atom is 0.251 e. The fourth-order valence-corrected chi connectivity index (χ4v) is 1.58. The summed E-state index contributed by atoms with van der Waals surface area (Å²) in [5.41, 5.74) is 5.69. The smallest absolute Gasteiger partial charge is 0.251 e. The predicted molar refractivity (Wildman–Crippen MR) is 67.9 cm³/mol. The fraction of sp³-hybridized carbons (Fsp3) is 0.385. The Bertz CT molecular complexity index is 441. The first-order valence-corrected chi connectivity index (χ1v) is 6.02. The van der Waals surface area contributed by atoms with Crippen LogP contribution in [0.1, 0.15) is 23.2 Å². The molecule has 1 fully saturated rings. The normalized spacial score (nSPS) is 15.8. The van der Waals surface area contributed by atoms with Crippen molar-refractivity contribution in [2.24, 2.45) is 5.73 Å². The molecule has 18 heavy (non-hydrogen) atoms. The summed E-state index contributed by atoms with van der Waals surface area (Å²) in [6.45, 7) is 0.798. The number of hydrogen-bond acceptors (Lipinski definition) is 3. The summed E-state index contributed by atoms with van der Waals surface area (Å²) >= 11 is 0. The maximum absolute atomic E-state index is 11.7. The van der Waals surface area contributed by atoms with Crippen molar-refractivity contribution in [1.82, 2.24) is 10.6 Å². The Morgan fingerprint density at radius 2 is 1.72 bits per heavy atom. The Kier molecular flexibility index (Phi) is 3.62. The molecule has 5 heteroatoms. The Morgan fingerprint density at radius 3 is 2.33 bits per heavy atom. The molecule has 2 amide bonds. The van der Waals surface area contributed by atoms with Crippen molar-refractivity contribution in [3.8, 4) is 0 Å². The number of benzene rings is 1. The molecule has 0 spiro atoms. The highest BCUT2D eigenvalue weighted by Gasteiger charge is 2.45. The van der Waals surface area contributed by atoms with Crippen LogP contribution in [-0.2, 0) is 4.79 Å². The van der Waals surface area contributed by atoms with Gasteiger partial charge in [0.25, 0.3) is 5.91 Å². The Balaban J connectivity index is 1.67. The van der Waals surface area contributed by atoms with Crippen LogP contribution in [-0.4, -0.2) is 30.4 Å². The van der Waals surface area contributed by atoms with Gasteiger partial charge in [-0.05, 0) is 25.0 Å². The van der Waals surface area contributed by atoms with Crippen molar-refractivity contribution in [2.75, 3.05) is 13.1 Å². The average Bonchev–Trinajstić information content (AvgIpc) is 3.14. The zero-order valence-electron chi connectivity index (χ0n) is 10.1. The van der Waals surface area contributed by atoms with E-state index in [2.05, 4.69) is 10.6 Å². The van der Waals surface area contributed by atoms with Crippen molar-refractivity contribution in [3.63, 3.8) is 0 Å². The largest absolute Gasteiger partial charge is 0.353 e. The minimum Gasteiger partial charge on any atom is -0.353 e. The zero-order chi connectivity index (χ0) is 13.0. The molecule has 96 valence electrons. The molecular formula is C13H17N3O2. The number of carbonyl (C=O) groups is 2. The summed E-state index contributed by atoms with van der Waals surface area (Å²) in [5.74, 6) is -0.268. The Morgan fingerprint density at radius 1 is 1.11 bits per heavy atom. The number of nitrogens with two attached hydrogens (primary N) is 1. The second-order valence-electron chi connectivity index (χ2n) is 4.53. The number of amides is 2. The van der Waals surface area contributed by atoms with Crippen LogP contribution < -0.4 is 16.4 Å². The van der Waals surface area contributed by atoms with E-state index in [0.29, 0.717) is 18.7 Å². The molecule has 1 aliphatic carbocycles. The molecule has 0 saturated heterocycles. The molecule has 1 aliphatic rings. The van der Waals surface area contributed by atoms with Crippen molar-refractivity contribution in [1.29, 1.82) is 0 Å². The lowest BCUT2D eigenvalue weighted by molar-refractivity contribution is -0.123. The Labute approximate surface area is 106 Å². The van der Waals surface area contributed by atoms with E-state index in [0.717, 1.165) is 12.8 Å². The van der Waals surface area contributed by atoms with Gasteiger partial charge in [-0.3, -0.25) is 9.59 Å². The van der Waals surface area contributed by atoms with E-state index >= 15 is 0 Å². The third kappa shape index (κ3) is 3.07. The van der Waals surface area contributed by atoms with Gasteiger partial charge in [0, 0.05) is 18.7 Å². The van der Waals surface area contributed by atoms with E-state index in [4.69, 9.17) is 5.73 Å². The predicted octanol–water partition coefficient (Wildman–Crippen LogP) is 0.0239. The average molecular weight is 247 g/mol. The Hall–Kier alpha value is -1.88. The highest BCUT2D eigenvalue weighted by molar-refractivity contribution is 5.94. The minimum absolute atomic E-state index is 0.128. The summed E-state index contributed by atoms with van der Waals surface area (Å²) in [7, 11) is 0. The molecule has 1 aromatic rings. The van der Waals surface area contributed by atoms with Crippen LogP contribution in [0.5, 0.6) is 0 Å². The molecule has 0 heterocycles. The van der Waals surface area contributed by atoms with Gasteiger partial charge in [0.1, 0.15) is 0 Å². The van der Waals surface area contributed by atoms with Gasteiger partial charge in [0.15, 0.2) is 0 Å². The molecule has 0 bridgehead atoms. The van der Waals surface area contributed by atoms with Crippen LogP contribution in [0.3, 0.4) is 0 Å². The summed E-state index contributed by atoms with van der Waals surface area (Å²) < 4.78 is 0. The first-order chi connectivity index (χ1) is 8.62. The molecule has 0 unspecified atom stereocenters. The van der Waals surface area contributed by atoms with Crippen LogP contribution in [0, 0.1) is 0 Å². The number of rotatable bonds is 5. The first-order valence-electron chi connectivity index (χ1n) is 6.02. The van der Waals surface area contributed by atoms with Crippen LogP contribution in [0.25, 0.3) is 0 Å². The van der Waals surface area contributed by atoms with E-state index in [1.807, 2.05) is 18.2 Å². The number of hydrogen-bond donors (Lipinski definition) is 3. The monoisotopic (exact) mass is 247 g/mol. The van der Waals surface area contributed by atoms with Crippen molar-refractivity contribution >= 4 is 11.8 Å². The summed E-state index contributed by atoms with van der Waals surface area (Å²) in [6.07, 6.45) is 1.49. The molecule has 4 N–H and O–H groups in total. The second kappa shape index (κ2) is 5.18. The van der Waals surface area contributed by atoms with Gasteiger partial charge in [-0.25, -0.2) is 0 Å². The summed E-state index contributed by atoms with van der Waals surface area (Å²) in [5, 5.41) is 5.44. The van der Waals surface area contributed by atoms with Gasteiger partial charge < -0.3 is 16.4 Å². The van der Waals surface area contributed by atoms with Crippen molar-refractivity contribution in [2.45, 2.75) is 18.4 Å². The van der Waals surface area contributed by atoms with Crippen LogP contribution in [0.2, 0.25) is 0 Å². The highest BCUT2D eigenvalue weighted by atomic mass is 16.2. The molecular weight excluding hydrogens is 230 g/mol. The van der Waals surface area contributed by atoms with Crippen molar-refractivity contribution < 1.29 is 9.59 Å². The lowest BCUT2D eigenvalue weighted by atomic mass is 10.2.